The number of cyclic esters (lactones) is 1. The molecule has 0 aromatic heterocycles. The first kappa shape index (κ1) is 29.9. The summed E-state index contributed by atoms with van der Waals surface area (Å²) in [7, 11) is 0. The van der Waals surface area contributed by atoms with E-state index in [2.05, 4.69) is 0 Å². The highest BCUT2D eigenvalue weighted by molar-refractivity contribution is 5.85. The smallest absolute Gasteiger partial charge is 0.331 e. The van der Waals surface area contributed by atoms with Gasteiger partial charge >= 0.3 is 5.97 Å². The van der Waals surface area contributed by atoms with E-state index in [-0.39, 0.29) is 38.2 Å². The van der Waals surface area contributed by atoms with Crippen molar-refractivity contribution in [3.8, 4) is 0 Å². The minimum atomic E-state index is -1.67. The van der Waals surface area contributed by atoms with Gasteiger partial charge in [-0.25, -0.2) is 4.79 Å². The predicted molar refractivity (Wildman–Crippen MR) is 139 cm³/mol. The largest absolute Gasteiger partial charge is 0.458 e. The van der Waals surface area contributed by atoms with Crippen LogP contribution in [0.1, 0.15) is 58.8 Å². The van der Waals surface area contributed by atoms with Crippen LogP contribution in [-0.4, -0.2) is 120 Å². The van der Waals surface area contributed by atoms with Crippen LogP contribution >= 0.6 is 0 Å². The average molecular weight is 585 g/mol. The molecular formula is C29H44O12. The van der Waals surface area contributed by atoms with Crippen LogP contribution in [0.5, 0.6) is 0 Å². The van der Waals surface area contributed by atoms with E-state index in [4.69, 9.17) is 14.2 Å². The molecule has 0 spiro atoms. The van der Waals surface area contributed by atoms with Gasteiger partial charge in [0.1, 0.15) is 24.9 Å². The van der Waals surface area contributed by atoms with Crippen LogP contribution in [0.3, 0.4) is 0 Å². The summed E-state index contributed by atoms with van der Waals surface area (Å²) in [6.45, 7) is 3.00. The maximum Gasteiger partial charge on any atom is 0.331 e. The number of hydrogen-bond acceptors (Lipinski definition) is 12. The zero-order valence-electron chi connectivity index (χ0n) is 23.5. The molecule has 0 aromatic rings. The van der Waals surface area contributed by atoms with Gasteiger partial charge in [0, 0.05) is 30.3 Å². The molecule has 0 bridgehead atoms. The first-order chi connectivity index (χ1) is 19.2. The van der Waals surface area contributed by atoms with Gasteiger partial charge in [-0.3, -0.25) is 0 Å². The van der Waals surface area contributed by atoms with Gasteiger partial charge in [-0.05, 0) is 56.4 Å². The van der Waals surface area contributed by atoms with Gasteiger partial charge < -0.3 is 55.1 Å². The molecule has 0 aromatic carbocycles. The number of ether oxygens (including phenoxy) is 3. The Labute approximate surface area is 238 Å². The molecule has 6 aliphatic rings. The van der Waals surface area contributed by atoms with E-state index in [1.54, 1.807) is 0 Å². The fourth-order valence-corrected chi connectivity index (χ4v) is 10.1. The van der Waals surface area contributed by atoms with E-state index < -0.39 is 95.5 Å². The van der Waals surface area contributed by atoms with Crippen molar-refractivity contribution in [3.05, 3.63) is 11.6 Å². The standard InChI is InChI=1S/C29H44O12/c1-13-22(34)23(35)24(36)25(40-13)41-15-8-19(32)28(12-30)21-17(3-5-27(28,37)9-15)29(38)6-4-16(14-7-20(33)39-11-14)26(29,2)10-18(21)31/h7,13,15-19,21-25,30-32,34-38H,3-6,8-12H2,1-2H3/t13-,15+,16?,17-,18-,19-,21-,22-,23+,24+,25-,26-,27+,28-,29+/m1/s1. The normalized spacial score (nSPS) is 56.9. The Bertz CT molecular complexity index is 1080. The fraction of sp³-hybridized carbons (Fsp3) is 0.897. The summed E-state index contributed by atoms with van der Waals surface area (Å²) in [4.78, 5) is 11.8. The van der Waals surface area contributed by atoms with Gasteiger partial charge in [0.25, 0.3) is 0 Å². The van der Waals surface area contributed by atoms with E-state index in [9.17, 15) is 45.6 Å². The third kappa shape index (κ3) is 3.99. The Balaban J connectivity index is 1.28. The van der Waals surface area contributed by atoms with E-state index in [1.807, 2.05) is 6.92 Å². The molecule has 8 N–H and O–H groups in total. The Hall–Kier alpha value is -1.19. The molecule has 232 valence electrons. The summed E-state index contributed by atoms with van der Waals surface area (Å²) in [5.41, 5.74) is -4.46. The van der Waals surface area contributed by atoms with Gasteiger partial charge in [0.15, 0.2) is 6.29 Å². The molecule has 4 aliphatic carbocycles. The molecule has 0 amide bonds. The molecule has 12 nitrogen and oxygen atoms in total. The third-order valence-corrected chi connectivity index (χ3v) is 12.2. The maximum absolute atomic E-state index is 12.4. The van der Waals surface area contributed by atoms with Crippen molar-refractivity contribution in [1.29, 1.82) is 0 Å². The fourth-order valence-electron chi connectivity index (χ4n) is 10.1. The zero-order chi connectivity index (χ0) is 29.7. The van der Waals surface area contributed by atoms with E-state index in [1.165, 1.54) is 13.0 Å². The second-order valence-corrected chi connectivity index (χ2v) is 13.8. The number of carbonyl (C=O) groups excluding carboxylic acids is 1. The van der Waals surface area contributed by atoms with Crippen LogP contribution in [0.2, 0.25) is 0 Å². The lowest BCUT2D eigenvalue weighted by atomic mass is 9.40. The Morgan fingerprint density at radius 1 is 1.02 bits per heavy atom. The number of esters is 1. The molecule has 0 radical (unpaired) electrons. The highest BCUT2D eigenvalue weighted by Gasteiger charge is 2.75. The van der Waals surface area contributed by atoms with Crippen LogP contribution < -0.4 is 0 Å². The Kier molecular flexibility index (Phi) is 7.22. The van der Waals surface area contributed by atoms with Crippen molar-refractivity contribution < 1.29 is 59.9 Å². The van der Waals surface area contributed by atoms with Crippen LogP contribution in [0.25, 0.3) is 0 Å². The van der Waals surface area contributed by atoms with Crippen molar-refractivity contribution >= 4 is 5.97 Å². The molecule has 2 aliphatic heterocycles. The molecule has 6 rings (SSSR count). The number of aliphatic hydroxyl groups is 8. The van der Waals surface area contributed by atoms with E-state index in [0.29, 0.717) is 19.3 Å². The first-order valence-corrected chi connectivity index (χ1v) is 14.9. The van der Waals surface area contributed by atoms with Crippen molar-refractivity contribution in [1.82, 2.24) is 0 Å². The summed E-state index contributed by atoms with van der Waals surface area (Å²) < 4.78 is 16.7. The molecule has 41 heavy (non-hydrogen) atoms. The van der Waals surface area contributed by atoms with E-state index in [0.717, 1.165) is 5.57 Å². The molecule has 15 atom stereocenters. The highest BCUT2D eigenvalue weighted by atomic mass is 16.7. The second-order valence-electron chi connectivity index (χ2n) is 13.8. The lowest BCUT2D eigenvalue weighted by molar-refractivity contribution is -0.342. The van der Waals surface area contributed by atoms with E-state index >= 15 is 0 Å². The van der Waals surface area contributed by atoms with Gasteiger partial charge in [0.05, 0.1) is 47.6 Å². The van der Waals surface area contributed by atoms with Crippen molar-refractivity contribution in [2.45, 2.75) is 119 Å². The molecule has 5 fully saturated rings. The minimum absolute atomic E-state index is 0.0369. The summed E-state index contributed by atoms with van der Waals surface area (Å²) in [5, 5.41) is 89.6. The van der Waals surface area contributed by atoms with Crippen LogP contribution in [0, 0.1) is 28.6 Å². The second kappa shape index (κ2) is 9.91. The van der Waals surface area contributed by atoms with Crippen LogP contribution in [0.15, 0.2) is 11.6 Å². The van der Waals surface area contributed by atoms with Gasteiger partial charge in [-0.15, -0.1) is 0 Å². The molecule has 1 saturated heterocycles. The highest BCUT2D eigenvalue weighted by Crippen LogP contribution is 2.70. The number of aliphatic hydroxyl groups excluding tert-OH is 6. The van der Waals surface area contributed by atoms with Gasteiger partial charge in [-0.2, -0.15) is 0 Å². The van der Waals surface area contributed by atoms with Crippen molar-refractivity contribution in [2.24, 2.45) is 28.6 Å². The molecule has 12 heteroatoms. The predicted octanol–water partition coefficient (Wildman–Crippen LogP) is -1.51. The molecular weight excluding hydrogens is 540 g/mol. The molecule has 4 saturated carbocycles. The summed E-state index contributed by atoms with van der Waals surface area (Å²) >= 11 is 0. The molecule has 1 unspecified atom stereocenters. The van der Waals surface area contributed by atoms with Gasteiger partial charge in [0.2, 0.25) is 0 Å². The number of carbonyl (C=O) groups is 1. The Morgan fingerprint density at radius 3 is 2.41 bits per heavy atom. The average Bonchev–Trinajstić information content (AvgIpc) is 3.45. The van der Waals surface area contributed by atoms with Crippen molar-refractivity contribution in [2.75, 3.05) is 13.2 Å². The topological polar surface area (TPSA) is 207 Å². The summed E-state index contributed by atoms with van der Waals surface area (Å²) in [6.07, 6.45) is -6.68. The SMILES string of the molecule is C[C@H]1O[C@H](O[C@H]2C[C@@H](O)[C@]3(CO)[C@H]4[C@H](O)C[C@]5(C)C(C6=CC(=O)OC6)CC[C@]5(O)[C@@H]4CC[C@]3(O)C2)[C@@H](O)[C@@H](O)[C@@H]1O. The molecule has 2 heterocycles. The van der Waals surface area contributed by atoms with Crippen molar-refractivity contribution in [3.63, 3.8) is 0 Å². The number of hydrogen-bond donors (Lipinski definition) is 8. The monoisotopic (exact) mass is 584 g/mol. The van der Waals surface area contributed by atoms with Crippen LogP contribution in [-0.2, 0) is 19.0 Å². The summed E-state index contributed by atoms with van der Waals surface area (Å²) in [6, 6.07) is 0. The van der Waals surface area contributed by atoms with Gasteiger partial charge in [-0.1, -0.05) is 6.92 Å². The maximum atomic E-state index is 12.4. The summed E-state index contributed by atoms with van der Waals surface area (Å²) in [5.74, 6) is -1.93. The minimum Gasteiger partial charge on any atom is -0.458 e. The Morgan fingerprint density at radius 2 is 1.76 bits per heavy atom. The third-order valence-electron chi connectivity index (χ3n) is 12.2. The lowest BCUT2D eigenvalue weighted by Gasteiger charge is -2.68. The number of rotatable bonds is 4. The quantitative estimate of drug-likeness (QED) is 0.140. The lowest BCUT2D eigenvalue weighted by Crippen LogP contribution is -2.76. The van der Waals surface area contributed by atoms with Crippen LogP contribution in [0.4, 0.5) is 0 Å². The first-order valence-electron chi connectivity index (χ1n) is 14.9. The number of fused-ring (bicyclic) bond motifs is 5. The zero-order valence-corrected chi connectivity index (χ0v) is 23.5.